The van der Waals surface area contributed by atoms with Gasteiger partial charge in [-0.15, -0.1) is 0 Å². The van der Waals surface area contributed by atoms with Crippen molar-refractivity contribution in [2.45, 2.75) is 43.5 Å². The van der Waals surface area contributed by atoms with Crippen LogP contribution in [-0.4, -0.2) is 30.8 Å². The van der Waals surface area contributed by atoms with E-state index in [0.717, 1.165) is 37.3 Å². The number of aromatic nitrogens is 2. The predicted molar refractivity (Wildman–Crippen MR) is 93.4 cm³/mol. The van der Waals surface area contributed by atoms with Crippen molar-refractivity contribution in [3.63, 3.8) is 0 Å². The molecule has 0 bridgehead atoms. The molecule has 3 rings (SSSR count). The smallest absolute Gasteiger partial charge is 0.240 e. The lowest BCUT2D eigenvalue weighted by atomic mass is 9.99. The van der Waals surface area contributed by atoms with E-state index < -0.39 is 15.8 Å². The minimum atomic E-state index is -3.82. The Morgan fingerprint density at radius 3 is 2.68 bits per heavy atom. The largest absolute Gasteiger partial charge is 0.329 e. The zero-order chi connectivity index (χ0) is 18.0. The summed E-state index contributed by atoms with van der Waals surface area (Å²) < 4.78 is 43.7. The molecule has 1 heterocycles. The Morgan fingerprint density at radius 2 is 2.12 bits per heavy atom. The molecule has 2 aromatic rings. The molecule has 0 radical (unpaired) electrons. The maximum absolute atomic E-state index is 14.4. The summed E-state index contributed by atoms with van der Waals surface area (Å²) in [5, 5.41) is 4.05. The highest BCUT2D eigenvalue weighted by Crippen LogP contribution is 2.28. The molecule has 1 atom stereocenters. The van der Waals surface area contributed by atoms with E-state index in [4.69, 9.17) is 5.73 Å². The Hall–Kier alpha value is -1.77. The van der Waals surface area contributed by atoms with E-state index in [9.17, 15) is 12.8 Å². The van der Waals surface area contributed by atoms with E-state index in [-0.39, 0.29) is 29.1 Å². The van der Waals surface area contributed by atoms with Gasteiger partial charge in [0.15, 0.2) is 0 Å². The molecule has 8 heteroatoms. The number of sulfonamides is 1. The zero-order valence-corrected chi connectivity index (χ0v) is 15.0. The molecule has 0 amide bonds. The van der Waals surface area contributed by atoms with Gasteiger partial charge >= 0.3 is 0 Å². The van der Waals surface area contributed by atoms with Gasteiger partial charge in [0.25, 0.3) is 0 Å². The molecule has 1 aromatic carbocycles. The first-order chi connectivity index (χ1) is 11.9. The van der Waals surface area contributed by atoms with Crippen molar-refractivity contribution in [1.82, 2.24) is 14.5 Å². The topological polar surface area (TPSA) is 90.0 Å². The third-order valence-electron chi connectivity index (χ3n) is 4.72. The number of rotatable bonds is 6. The molecule has 25 heavy (non-hydrogen) atoms. The van der Waals surface area contributed by atoms with Gasteiger partial charge in [-0.25, -0.2) is 22.2 Å². The number of benzene rings is 1. The quantitative estimate of drug-likeness (QED) is 0.819. The average molecular weight is 366 g/mol. The first-order valence-electron chi connectivity index (χ1n) is 8.44. The van der Waals surface area contributed by atoms with Crippen LogP contribution in [0.4, 0.5) is 4.39 Å². The monoisotopic (exact) mass is 366 g/mol. The number of hydrogen-bond donors (Lipinski definition) is 2. The van der Waals surface area contributed by atoms with Crippen molar-refractivity contribution >= 4 is 10.0 Å². The first-order valence-corrected chi connectivity index (χ1v) is 9.92. The highest BCUT2D eigenvalue weighted by molar-refractivity contribution is 7.89. The SMILES string of the molecule is Cc1cnn(-c2ccc(S(=O)(=O)NC(CN)C3CCCC3)cc2F)c1. The molecule has 6 nitrogen and oxygen atoms in total. The van der Waals surface area contributed by atoms with Crippen molar-refractivity contribution in [2.75, 3.05) is 6.54 Å². The van der Waals surface area contributed by atoms with Gasteiger partial charge in [-0.1, -0.05) is 12.8 Å². The van der Waals surface area contributed by atoms with Gasteiger partial charge in [0, 0.05) is 18.8 Å². The van der Waals surface area contributed by atoms with Gasteiger partial charge in [-0.3, -0.25) is 0 Å². The lowest BCUT2D eigenvalue weighted by molar-refractivity contribution is 0.405. The summed E-state index contributed by atoms with van der Waals surface area (Å²) in [6.45, 7) is 2.08. The summed E-state index contributed by atoms with van der Waals surface area (Å²) in [6.07, 6.45) is 7.41. The number of nitrogens with two attached hydrogens (primary N) is 1. The Labute approximate surface area is 147 Å². The van der Waals surface area contributed by atoms with Crippen LogP contribution in [0.5, 0.6) is 0 Å². The first kappa shape index (κ1) is 18.0. The molecule has 0 saturated heterocycles. The summed E-state index contributed by atoms with van der Waals surface area (Å²) in [4.78, 5) is -0.103. The summed E-state index contributed by atoms with van der Waals surface area (Å²) in [5.41, 5.74) is 6.85. The Kier molecular flexibility index (Phi) is 5.21. The van der Waals surface area contributed by atoms with Crippen LogP contribution in [0, 0.1) is 18.7 Å². The van der Waals surface area contributed by atoms with E-state index in [0.29, 0.717) is 0 Å². The van der Waals surface area contributed by atoms with Crippen LogP contribution in [0.25, 0.3) is 5.69 Å². The maximum Gasteiger partial charge on any atom is 0.240 e. The lowest BCUT2D eigenvalue weighted by Gasteiger charge is -2.23. The molecular formula is C17H23FN4O2S. The third kappa shape index (κ3) is 3.91. The van der Waals surface area contributed by atoms with Crippen molar-refractivity contribution in [1.29, 1.82) is 0 Å². The molecule has 0 aliphatic heterocycles. The fourth-order valence-electron chi connectivity index (χ4n) is 3.35. The van der Waals surface area contributed by atoms with Gasteiger partial charge in [-0.2, -0.15) is 5.10 Å². The fraction of sp³-hybridized carbons (Fsp3) is 0.471. The molecule has 1 saturated carbocycles. The number of nitrogens with one attached hydrogen (secondary N) is 1. The normalized spacial score (nSPS) is 17.1. The summed E-state index contributed by atoms with van der Waals surface area (Å²) in [5.74, 6) is -0.396. The molecule has 0 spiro atoms. The molecule has 3 N–H and O–H groups in total. The maximum atomic E-state index is 14.4. The molecule has 1 aliphatic carbocycles. The second kappa shape index (κ2) is 7.23. The summed E-state index contributed by atoms with van der Waals surface area (Å²) in [6, 6.07) is 3.52. The van der Waals surface area contributed by atoms with E-state index in [1.165, 1.54) is 16.8 Å². The lowest BCUT2D eigenvalue weighted by Crippen LogP contribution is -2.44. The minimum absolute atomic E-state index is 0.103. The number of nitrogens with zero attached hydrogens (tertiary/aromatic N) is 2. The summed E-state index contributed by atoms with van der Waals surface area (Å²) >= 11 is 0. The fourth-order valence-corrected chi connectivity index (χ4v) is 4.68. The molecule has 1 unspecified atom stereocenters. The minimum Gasteiger partial charge on any atom is -0.329 e. The van der Waals surface area contributed by atoms with Crippen molar-refractivity contribution in [2.24, 2.45) is 11.7 Å². The number of halogens is 1. The highest BCUT2D eigenvalue weighted by Gasteiger charge is 2.28. The van der Waals surface area contributed by atoms with Crippen molar-refractivity contribution < 1.29 is 12.8 Å². The molecule has 1 fully saturated rings. The Bertz CT molecular complexity index is 844. The Balaban J connectivity index is 1.83. The van der Waals surface area contributed by atoms with Crippen LogP contribution in [0.2, 0.25) is 0 Å². The second-order valence-electron chi connectivity index (χ2n) is 6.58. The second-order valence-corrected chi connectivity index (χ2v) is 8.30. The van der Waals surface area contributed by atoms with Crippen molar-refractivity contribution in [3.8, 4) is 5.69 Å². The van der Waals surface area contributed by atoms with Crippen LogP contribution in [-0.2, 0) is 10.0 Å². The zero-order valence-electron chi connectivity index (χ0n) is 14.2. The predicted octanol–water partition coefficient (Wildman–Crippen LogP) is 2.12. The number of aryl methyl sites for hydroxylation is 1. The third-order valence-corrected chi connectivity index (χ3v) is 6.20. The van der Waals surface area contributed by atoms with Gasteiger partial charge in [-0.05, 0) is 49.4 Å². The molecular weight excluding hydrogens is 343 g/mol. The van der Waals surface area contributed by atoms with Crippen LogP contribution in [0.1, 0.15) is 31.2 Å². The molecule has 1 aromatic heterocycles. The molecule has 1 aliphatic rings. The number of hydrogen-bond acceptors (Lipinski definition) is 4. The van der Waals surface area contributed by atoms with Crippen LogP contribution in [0.15, 0.2) is 35.5 Å². The van der Waals surface area contributed by atoms with Crippen LogP contribution >= 0.6 is 0 Å². The highest BCUT2D eigenvalue weighted by atomic mass is 32.2. The van der Waals surface area contributed by atoms with Crippen LogP contribution in [0.3, 0.4) is 0 Å². The summed E-state index contributed by atoms with van der Waals surface area (Å²) in [7, 11) is -3.82. The average Bonchev–Trinajstić information content (AvgIpc) is 3.24. The van der Waals surface area contributed by atoms with Gasteiger partial charge in [0.1, 0.15) is 11.5 Å². The van der Waals surface area contributed by atoms with E-state index >= 15 is 0 Å². The Morgan fingerprint density at radius 1 is 1.40 bits per heavy atom. The van der Waals surface area contributed by atoms with Gasteiger partial charge in [0.2, 0.25) is 10.0 Å². The van der Waals surface area contributed by atoms with Gasteiger partial charge in [0.05, 0.1) is 11.1 Å². The van der Waals surface area contributed by atoms with E-state index in [2.05, 4.69) is 9.82 Å². The standard InChI is InChI=1S/C17H23FN4O2S/c1-12-10-20-22(11-12)17-7-6-14(8-15(17)18)25(23,24)21-16(9-19)13-4-2-3-5-13/h6-8,10-11,13,16,21H,2-5,9,19H2,1H3. The van der Waals surface area contributed by atoms with Crippen molar-refractivity contribution in [3.05, 3.63) is 42.0 Å². The van der Waals surface area contributed by atoms with Gasteiger partial charge < -0.3 is 5.73 Å². The van der Waals surface area contributed by atoms with Crippen LogP contribution < -0.4 is 10.5 Å². The van der Waals surface area contributed by atoms with E-state index in [1.54, 1.807) is 12.4 Å². The van der Waals surface area contributed by atoms with E-state index in [1.807, 2.05) is 6.92 Å². The molecule has 136 valence electrons.